The van der Waals surface area contributed by atoms with Crippen LogP contribution in [0.3, 0.4) is 0 Å². The molecule has 1 amide bonds. The van der Waals surface area contributed by atoms with E-state index in [4.69, 9.17) is 11.6 Å². The molecule has 0 bridgehead atoms. The van der Waals surface area contributed by atoms with Crippen LogP contribution >= 0.6 is 11.6 Å². The second-order valence-electron chi connectivity index (χ2n) is 4.85. The van der Waals surface area contributed by atoms with E-state index in [2.05, 4.69) is 17.0 Å². The summed E-state index contributed by atoms with van der Waals surface area (Å²) in [4.78, 5) is 11.9. The van der Waals surface area contributed by atoms with Crippen molar-refractivity contribution in [2.75, 3.05) is 6.54 Å². The highest BCUT2D eigenvalue weighted by Gasteiger charge is 2.16. The first-order chi connectivity index (χ1) is 11.5. The standard InChI is InChI=1S/C17H14ClFN4O/c1-3-8-21-17(24)12(10-20)9-15-11(2)22-23(16(15)18)14-6-4-13(19)5-7-14/h3-7,9H,1,8H2,2H3,(H,21,24)/b12-9+. The number of hydrogen-bond acceptors (Lipinski definition) is 3. The molecule has 2 aromatic rings. The fourth-order valence-corrected chi connectivity index (χ4v) is 2.31. The highest BCUT2D eigenvalue weighted by atomic mass is 35.5. The summed E-state index contributed by atoms with van der Waals surface area (Å²) in [6, 6.07) is 7.49. The summed E-state index contributed by atoms with van der Waals surface area (Å²) >= 11 is 6.32. The quantitative estimate of drug-likeness (QED) is 0.514. The zero-order chi connectivity index (χ0) is 17.7. The smallest absolute Gasteiger partial charge is 0.262 e. The van der Waals surface area contributed by atoms with Gasteiger partial charge in [0.2, 0.25) is 0 Å². The molecule has 24 heavy (non-hydrogen) atoms. The van der Waals surface area contributed by atoms with Gasteiger partial charge in [0.25, 0.3) is 5.91 Å². The number of carbonyl (C=O) groups excluding carboxylic acids is 1. The molecular formula is C17H14ClFN4O. The zero-order valence-corrected chi connectivity index (χ0v) is 13.6. The van der Waals surface area contributed by atoms with Crippen LogP contribution in [-0.4, -0.2) is 22.2 Å². The van der Waals surface area contributed by atoms with E-state index >= 15 is 0 Å². The molecule has 1 aromatic carbocycles. The first-order valence-electron chi connectivity index (χ1n) is 7.00. The summed E-state index contributed by atoms with van der Waals surface area (Å²) in [6.07, 6.45) is 2.89. The van der Waals surface area contributed by atoms with E-state index in [0.717, 1.165) is 0 Å². The van der Waals surface area contributed by atoms with E-state index in [1.807, 2.05) is 6.07 Å². The number of nitrogens with zero attached hydrogens (tertiary/aromatic N) is 3. The highest BCUT2D eigenvalue weighted by Crippen LogP contribution is 2.25. The summed E-state index contributed by atoms with van der Waals surface area (Å²) in [5, 5.41) is 16.2. The molecule has 2 rings (SSSR count). The van der Waals surface area contributed by atoms with Crippen LogP contribution in [0, 0.1) is 24.1 Å². The largest absolute Gasteiger partial charge is 0.348 e. The minimum absolute atomic E-state index is 0.0968. The second kappa shape index (κ2) is 7.57. The Morgan fingerprint density at radius 3 is 2.75 bits per heavy atom. The number of nitrogens with one attached hydrogen (secondary N) is 1. The van der Waals surface area contributed by atoms with Crippen molar-refractivity contribution in [3.63, 3.8) is 0 Å². The maximum absolute atomic E-state index is 13.0. The van der Waals surface area contributed by atoms with Gasteiger partial charge in [-0.15, -0.1) is 6.58 Å². The minimum atomic E-state index is -0.526. The minimum Gasteiger partial charge on any atom is -0.348 e. The number of amides is 1. The molecule has 0 atom stereocenters. The Kier molecular flexibility index (Phi) is 5.51. The molecule has 7 heteroatoms. The van der Waals surface area contributed by atoms with Gasteiger partial charge in [0.05, 0.1) is 11.4 Å². The maximum Gasteiger partial charge on any atom is 0.262 e. The van der Waals surface area contributed by atoms with Crippen molar-refractivity contribution < 1.29 is 9.18 Å². The van der Waals surface area contributed by atoms with Gasteiger partial charge in [-0.05, 0) is 37.3 Å². The summed E-state index contributed by atoms with van der Waals surface area (Å²) < 4.78 is 14.5. The lowest BCUT2D eigenvalue weighted by Crippen LogP contribution is -2.24. The second-order valence-corrected chi connectivity index (χ2v) is 5.20. The van der Waals surface area contributed by atoms with Gasteiger partial charge in [0, 0.05) is 12.1 Å². The van der Waals surface area contributed by atoms with Gasteiger partial charge in [-0.1, -0.05) is 17.7 Å². The molecule has 1 heterocycles. The van der Waals surface area contributed by atoms with E-state index < -0.39 is 5.91 Å². The molecule has 1 N–H and O–H groups in total. The third-order valence-corrected chi connectivity index (χ3v) is 3.54. The lowest BCUT2D eigenvalue weighted by molar-refractivity contribution is -0.116. The molecule has 0 spiro atoms. The van der Waals surface area contributed by atoms with E-state index in [0.29, 0.717) is 16.9 Å². The van der Waals surface area contributed by atoms with Crippen LogP contribution in [0.5, 0.6) is 0 Å². The lowest BCUT2D eigenvalue weighted by atomic mass is 10.1. The molecule has 0 unspecified atom stereocenters. The monoisotopic (exact) mass is 344 g/mol. The highest BCUT2D eigenvalue weighted by molar-refractivity contribution is 6.31. The predicted molar refractivity (Wildman–Crippen MR) is 90.1 cm³/mol. The normalized spacial score (nSPS) is 11.0. The van der Waals surface area contributed by atoms with Crippen LogP contribution in [0.15, 0.2) is 42.5 Å². The van der Waals surface area contributed by atoms with Crippen molar-refractivity contribution in [3.8, 4) is 11.8 Å². The molecule has 0 aliphatic rings. The Bertz CT molecular complexity index is 847. The molecular weight excluding hydrogens is 331 g/mol. The van der Waals surface area contributed by atoms with Gasteiger partial charge in [0.15, 0.2) is 0 Å². The van der Waals surface area contributed by atoms with Crippen molar-refractivity contribution in [2.24, 2.45) is 0 Å². The Labute approximate surface area is 143 Å². The van der Waals surface area contributed by atoms with E-state index in [9.17, 15) is 14.4 Å². The Balaban J connectivity index is 2.43. The van der Waals surface area contributed by atoms with Gasteiger partial charge in [-0.2, -0.15) is 10.4 Å². The van der Waals surface area contributed by atoms with E-state index in [1.54, 1.807) is 6.92 Å². The van der Waals surface area contributed by atoms with Gasteiger partial charge >= 0.3 is 0 Å². The van der Waals surface area contributed by atoms with Crippen molar-refractivity contribution in [2.45, 2.75) is 6.92 Å². The van der Waals surface area contributed by atoms with E-state index in [-0.39, 0.29) is 23.1 Å². The Morgan fingerprint density at radius 1 is 1.50 bits per heavy atom. The van der Waals surface area contributed by atoms with Crippen LogP contribution in [0.2, 0.25) is 5.15 Å². The van der Waals surface area contributed by atoms with Crippen molar-refractivity contribution >= 4 is 23.6 Å². The average molecular weight is 345 g/mol. The lowest BCUT2D eigenvalue weighted by Gasteiger charge is -2.03. The number of benzene rings is 1. The Hall–Kier alpha value is -2.91. The Morgan fingerprint density at radius 2 is 2.17 bits per heavy atom. The number of halogens is 2. The van der Waals surface area contributed by atoms with Crippen LogP contribution in [0.1, 0.15) is 11.3 Å². The topological polar surface area (TPSA) is 70.7 Å². The molecule has 0 saturated carbocycles. The number of rotatable bonds is 5. The number of nitriles is 1. The SMILES string of the molecule is C=CCNC(=O)/C(C#N)=C/c1c(C)nn(-c2ccc(F)cc2)c1Cl. The summed E-state index contributed by atoms with van der Waals surface area (Å²) in [6.45, 7) is 5.45. The fourth-order valence-electron chi connectivity index (χ4n) is 1.98. The van der Waals surface area contributed by atoms with Gasteiger partial charge < -0.3 is 5.32 Å². The van der Waals surface area contributed by atoms with Gasteiger partial charge in [-0.25, -0.2) is 9.07 Å². The molecule has 0 aliphatic heterocycles. The number of aryl methyl sites for hydroxylation is 1. The summed E-state index contributed by atoms with van der Waals surface area (Å²) in [7, 11) is 0. The molecule has 122 valence electrons. The molecule has 0 fully saturated rings. The third-order valence-electron chi connectivity index (χ3n) is 3.18. The summed E-state index contributed by atoms with van der Waals surface area (Å²) in [5.41, 5.74) is 1.46. The van der Waals surface area contributed by atoms with Crippen LogP contribution in [-0.2, 0) is 4.79 Å². The number of aromatic nitrogens is 2. The maximum atomic E-state index is 13.0. The van der Waals surface area contributed by atoms with Crippen molar-refractivity contribution in [3.05, 3.63) is 64.7 Å². The summed E-state index contributed by atoms with van der Waals surface area (Å²) in [5.74, 6) is -0.896. The molecule has 1 aromatic heterocycles. The zero-order valence-electron chi connectivity index (χ0n) is 12.9. The van der Waals surface area contributed by atoms with Crippen LogP contribution in [0.25, 0.3) is 11.8 Å². The first kappa shape index (κ1) is 17.4. The molecule has 5 nitrogen and oxygen atoms in total. The van der Waals surface area contributed by atoms with Crippen molar-refractivity contribution in [1.29, 1.82) is 5.26 Å². The third kappa shape index (κ3) is 3.70. The first-order valence-corrected chi connectivity index (χ1v) is 7.37. The average Bonchev–Trinajstić information content (AvgIpc) is 2.85. The van der Waals surface area contributed by atoms with Crippen LogP contribution < -0.4 is 5.32 Å². The molecule has 0 saturated heterocycles. The van der Waals surface area contributed by atoms with Gasteiger partial charge in [0.1, 0.15) is 22.6 Å². The van der Waals surface area contributed by atoms with Crippen molar-refractivity contribution in [1.82, 2.24) is 15.1 Å². The molecule has 0 aliphatic carbocycles. The van der Waals surface area contributed by atoms with Gasteiger partial charge in [-0.3, -0.25) is 4.79 Å². The fraction of sp³-hybridized carbons (Fsp3) is 0.118. The number of hydrogen-bond donors (Lipinski definition) is 1. The molecule has 0 radical (unpaired) electrons. The van der Waals surface area contributed by atoms with Crippen LogP contribution in [0.4, 0.5) is 4.39 Å². The predicted octanol–water partition coefficient (Wildman–Crippen LogP) is 3.18. The number of carbonyl (C=O) groups is 1. The van der Waals surface area contributed by atoms with E-state index in [1.165, 1.54) is 41.1 Å².